The van der Waals surface area contributed by atoms with Crippen molar-refractivity contribution in [2.75, 3.05) is 7.11 Å². The van der Waals surface area contributed by atoms with E-state index in [1.165, 1.54) is 36.8 Å². The van der Waals surface area contributed by atoms with Crippen LogP contribution in [0.4, 0.5) is 0 Å². The van der Waals surface area contributed by atoms with Gasteiger partial charge in [0.1, 0.15) is 5.75 Å². The first-order valence-corrected chi connectivity index (χ1v) is 8.26. The Labute approximate surface area is 145 Å². The first-order chi connectivity index (χ1) is 10.8. The molecule has 0 amide bonds. The lowest BCUT2D eigenvalue weighted by atomic mass is 9.81. The van der Waals surface area contributed by atoms with Crippen LogP contribution in [0, 0.1) is 0 Å². The van der Waals surface area contributed by atoms with Gasteiger partial charge in [0.25, 0.3) is 0 Å². The summed E-state index contributed by atoms with van der Waals surface area (Å²) in [7, 11) is 1.72. The molecule has 1 fully saturated rings. The van der Waals surface area contributed by atoms with Gasteiger partial charge in [-0.25, -0.2) is 0 Å². The van der Waals surface area contributed by atoms with E-state index >= 15 is 0 Å². The third-order valence-electron chi connectivity index (χ3n) is 4.70. The zero-order valence-corrected chi connectivity index (χ0v) is 14.5. The molecule has 0 spiro atoms. The van der Waals surface area contributed by atoms with Gasteiger partial charge < -0.3 is 10.1 Å². The van der Waals surface area contributed by atoms with Crippen molar-refractivity contribution in [3.05, 3.63) is 65.7 Å². The predicted octanol–water partition coefficient (Wildman–Crippen LogP) is 4.93. The average Bonchev–Trinajstić information content (AvgIpc) is 2.61. The summed E-state index contributed by atoms with van der Waals surface area (Å²) in [5.74, 6) is 1.62. The predicted molar refractivity (Wildman–Crippen MR) is 98.5 cm³/mol. The number of ether oxygens (including phenoxy) is 1. The van der Waals surface area contributed by atoms with Crippen LogP contribution in [-0.2, 0) is 6.54 Å². The SMILES string of the molecule is COc1ccc([C@H]2CCC[C@H](NCc3ccccc3)C2)cc1.Cl. The van der Waals surface area contributed by atoms with Gasteiger partial charge in [0.2, 0.25) is 0 Å². The number of hydrogen-bond acceptors (Lipinski definition) is 2. The molecule has 1 aliphatic rings. The fourth-order valence-corrected chi connectivity index (χ4v) is 3.41. The second-order valence-corrected chi connectivity index (χ2v) is 6.20. The maximum atomic E-state index is 5.25. The number of halogens is 1. The Morgan fingerprint density at radius 2 is 1.74 bits per heavy atom. The summed E-state index contributed by atoms with van der Waals surface area (Å²) < 4.78 is 5.25. The van der Waals surface area contributed by atoms with Gasteiger partial charge in [-0.1, -0.05) is 48.9 Å². The van der Waals surface area contributed by atoms with Gasteiger partial charge in [-0.3, -0.25) is 0 Å². The summed E-state index contributed by atoms with van der Waals surface area (Å²) in [6, 6.07) is 19.9. The van der Waals surface area contributed by atoms with Crippen LogP contribution < -0.4 is 10.1 Å². The number of hydrogen-bond donors (Lipinski definition) is 1. The molecule has 1 aliphatic carbocycles. The van der Waals surface area contributed by atoms with Crippen molar-refractivity contribution >= 4 is 12.4 Å². The summed E-state index contributed by atoms with van der Waals surface area (Å²) in [5, 5.41) is 3.74. The molecule has 2 nitrogen and oxygen atoms in total. The Balaban J connectivity index is 0.00000192. The molecule has 0 unspecified atom stereocenters. The molecule has 2 aromatic carbocycles. The highest BCUT2D eigenvalue weighted by atomic mass is 35.5. The van der Waals surface area contributed by atoms with E-state index < -0.39 is 0 Å². The van der Waals surface area contributed by atoms with Crippen molar-refractivity contribution in [2.24, 2.45) is 0 Å². The number of rotatable bonds is 5. The Morgan fingerprint density at radius 3 is 2.43 bits per heavy atom. The molecule has 2 aromatic rings. The third kappa shape index (κ3) is 4.98. The highest BCUT2D eigenvalue weighted by Gasteiger charge is 2.22. The monoisotopic (exact) mass is 331 g/mol. The summed E-state index contributed by atoms with van der Waals surface area (Å²) >= 11 is 0. The van der Waals surface area contributed by atoms with Crippen LogP contribution in [-0.4, -0.2) is 13.2 Å². The minimum atomic E-state index is 0. The molecule has 23 heavy (non-hydrogen) atoms. The molecule has 0 aromatic heterocycles. The standard InChI is InChI=1S/C20H25NO.ClH/c1-22-20-12-10-17(11-13-20)18-8-5-9-19(14-18)21-15-16-6-3-2-4-7-16;/h2-4,6-7,10-13,18-19,21H,5,8-9,14-15H2,1H3;1H/t18-,19-;/m0./s1. The van der Waals surface area contributed by atoms with Gasteiger partial charge in [0.15, 0.2) is 0 Å². The Hall–Kier alpha value is -1.51. The second kappa shape index (κ2) is 8.95. The van der Waals surface area contributed by atoms with Gasteiger partial charge >= 0.3 is 0 Å². The summed E-state index contributed by atoms with van der Waals surface area (Å²) in [5.41, 5.74) is 2.82. The van der Waals surface area contributed by atoms with Gasteiger partial charge in [-0.2, -0.15) is 0 Å². The molecule has 0 bridgehead atoms. The first kappa shape index (κ1) is 17.8. The molecular formula is C20H26ClNO. The minimum absolute atomic E-state index is 0. The summed E-state index contributed by atoms with van der Waals surface area (Å²) in [6.45, 7) is 0.973. The molecule has 0 radical (unpaired) electrons. The molecule has 1 N–H and O–H groups in total. The van der Waals surface area contributed by atoms with Crippen molar-refractivity contribution in [2.45, 2.75) is 44.2 Å². The molecule has 1 saturated carbocycles. The van der Waals surface area contributed by atoms with Gasteiger partial charge in [-0.15, -0.1) is 12.4 Å². The Bertz CT molecular complexity index is 570. The zero-order valence-electron chi connectivity index (χ0n) is 13.7. The lowest BCUT2D eigenvalue weighted by Crippen LogP contribution is -2.33. The number of methoxy groups -OCH3 is 1. The van der Waals surface area contributed by atoms with E-state index in [2.05, 4.69) is 59.9 Å². The fraction of sp³-hybridized carbons (Fsp3) is 0.400. The van der Waals surface area contributed by atoms with E-state index in [-0.39, 0.29) is 12.4 Å². The quantitative estimate of drug-likeness (QED) is 0.838. The van der Waals surface area contributed by atoms with Crippen LogP contribution >= 0.6 is 12.4 Å². The van der Waals surface area contributed by atoms with E-state index in [4.69, 9.17) is 4.74 Å². The lowest BCUT2D eigenvalue weighted by Gasteiger charge is -2.30. The molecule has 0 heterocycles. The molecule has 3 heteroatoms. The van der Waals surface area contributed by atoms with E-state index in [1.54, 1.807) is 7.11 Å². The molecular weight excluding hydrogens is 306 g/mol. The van der Waals surface area contributed by atoms with Crippen LogP contribution in [0.15, 0.2) is 54.6 Å². The van der Waals surface area contributed by atoms with Crippen molar-refractivity contribution in [1.82, 2.24) is 5.32 Å². The van der Waals surface area contributed by atoms with E-state index in [0.717, 1.165) is 12.3 Å². The Morgan fingerprint density at radius 1 is 1.00 bits per heavy atom. The van der Waals surface area contributed by atoms with Crippen molar-refractivity contribution in [3.8, 4) is 5.75 Å². The van der Waals surface area contributed by atoms with Crippen molar-refractivity contribution in [3.63, 3.8) is 0 Å². The van der Waals surface area contributed by atoms with Gasteiger partial charge in [0.05, 0.1) is 7.11 Å². The van der Waals surface area contributed by atoms with E-state index in [9.17, 15) is 0 Å². The number of benzene rings is 2. The number of nitrogens with one attached hydrogen (secondary N) is 1. The molecule has 2 atom stereocenters. The molecule has 0 aliphatic heterocycles. The van der Waals surface area contributed by atoms with Crippen molar-refractivity contribution in [1.29, 1.82) is 0 Å². The first-order valence-electron chi connectivity index (χ1n) is 8.26. The third-order valence-corrected chi connectivity index (χ3v) is 4.70. The van der Waals surface area contributed by atoms with Crippen LogP contribution in [0.2, 0.25) is 0 Å². The summed E-state index contributed by atoms with van der Waals surface area (Å²) in [4.78, 5) is 0. The second-order valence-electron chi connectivity index (χ2n) is 6.20. The molecule has 0 saturated heterocycles. The molecule has 124 valence electrons. The van der Waals surface area contributed by atoms with Gasteiger partial charge in [0, 0.05) is 12.6 Å². The van der Waals surface area contributed by atoms with E-state index in [1.807, 2.05) is 0 Å². The van der Waals surface area contributed by atoms with Gasteiger partial charge in [-0.05, 0) is 48.4 Å². The largest absolute Gasteiger partial charge is 0.497 e. The smallest absolute Gasteiger partial charge is 0.118 e. The highest BCUT2D eigenvalue weighted by molar-refractivity contribution is 5.85. The van der Waals surface area contributed by atoms with Crippen LogP contribution in [0.5, 0.6) is 5.75 Å². The van der Waals surface area contributed by atoms with Crippen LogP contribution in [0.25, 0.3) is 0 Å². The van der Waals surface area contributed by atoms with E-state index in [0.29, 0.717) is 12.0 Å². The normalized spacial score (nSPS) is 20.6. The maximum Gasteiger partial charge on any atom is 0.118 e. The topological polar surface area (TPSA) is 21.3 Å². The average molecular weight is 332 g/mol. The fourth-order valence-electron chi connectivity index (χ4n) is 3.41. The highest BCUT2D eigenvalue weighted by Crippen LogP contribution is 2.33. The maximum absolute atomic E-state index is 5.25. The van der Waals surface area contributed by atoms with Crippen LogP contribution in [0.3, 0.4) is 0 Å². The minimum Gasteiger partial charge on any atom is -0.497 e. The van der Waals surface area contributed by atoms with Crippen molar-refractivity contribution < 1.29 is 4.74 Å². The molecule has 3 rings (SSSR count). The van der Waals surface area contributed by atoms with Crippen LogP contribution in [0.1, 0.15) is 42.7 Å². The lowest BCUT2D eigenvalue weighted by molar-refractivity contribution is 0.338. The zero-order chi connectivity index (χ0) is 15.2. The Kier molecular flexibility index (Phi) is 6.94. The summed E-state index contributed by atoms with van der Waals surface area (Å²) in [6.07, 6.45) is 5.14.